The van der Waals surface area contributed by atoms with E-state index in [0.717, 1.165) is 16.4 Å². The molecule has 0 saturated heterocycles. The zero-order valence-corrected chi connectivity index (χ0v) is 12.0. The van der Waals surface area contributed by atoms with Crippen LogP contribution in [0.1, 0.15) is 5.56 Å². The van der Waals surface area contributed by atoms with E-state index in [9.17, 15) is 10.2 Å². The predicted octanol–water partition coefficient (Wildman–Crippen LogP) is 3.83. The second-order valence-electron chi connectivity index (χ2n) is 4.58. The summed E-state index contributed by atoms with van der Waals surface area (Å²) >= 11 is 1.51. The SMILES string of the molecule is Oc1ccc(-c2csc(NCc3ccccc3)n2)cc1O. The molecular weight excluding hydrogens is 284 g/mol. The molecule has 0 radical (unpaired) electrons. The number of nitrogens with zero attached hydrogens (tertiary/aromatic N) is 1. The molecule has 3 N–H and O–H groups in total. The highest BCUT2D eigenvalue weighted by atomic mass is 32.1. The molecule has 21 heavy (non-hydrogen) atoms. The Morgan fingerprint density at radius 1 is 1.00 bits per heavy atom. The van der Waals surface area contributed by atoms with Crippen LogP contribution < -0.4 is 5.32 Å². The Balaban J connectivity index is 1.72. The number of thiazole rings is 1. The quantitative estimate of drug-likeness (QED) is 0.640. The summed E-state index contributed by atoms with van der Waals surface area (Å²) in [7, 11) is 0. The molecule has 0 atom stereocenters. The van der Waals surface area contributed by atoms with Gasteiger partial charge in [0.1, 0.15) is 0 Å². The monoisotopic (exact) mass is 298 g/mol. The number of aromatic nitrogens is 1. The molecule has 2 aromatic carbocycles. The number of hydrogen-bond donors (Lipinski definition) is 3. The molecule has 0 fully saturated rings. The minimum absolute atomic E-state index is 0.128. The van der Waals surface area contributed by atoms with Crippen LogP contribution in [0.15, 0.2) is 53.9 Å². The van der Waals surface area contributed by atoms with Crippen LogP contribution in [0.2, 0.25) is 0 Å². The third kappa shape index (κ3) is 3.14. The Morgan fingerprint density at radius 2 is 1.81 bits per heavy atom. The van der Waals surface area contributed by atoms with E-state index in [0.29, 0.717) is 6.54 Å². The largest absolute Gasteiger partial charge is 0.504 e. The van der Waals surface area contributed by atoms with Crippen molar-refractivity contribution in [2.45, 2.75) is 6.54 Å². The zero-order valence-electron chi connectivity index (χ0n) is 11.2. The molecule has 0 unspecified atom stereocenters. The first kappa shape index (κ1) is 13.5. The Kier molecular flexibility index (Phi) is 3.75. The van der Waals surface area contributed by atoms with Gasteiger partial charge in [0.15, 0.2) is 16.6 Å². The zero-order chi connectivity index (χ0) is 14.7. The van der Waals surface area contributed by atoms with E-state index in [1.165, 1.54) is 29.0 Å². The van der Waals surface area contributed by atoms with Crippen LogP contribution in [0.4, 0.5) is 5.13 Å². The van der Waals surface area contributed by atoms with Crippen LogP contribution in [0.25, 0.3) is 11.3 Å². The Labute approximate surface area is 126 Å². The fourth-order valence-electron chi connectivity index (χ4n) is 1.94. The van der Waals surface area contributed by atoms with Crippen LogP contribution in [0.5, 0.6) is 11.5 Å². The first-order chi connectivity index (χ1) is 10.2. The molecule has 106 valence electrons. The summed E-state index contributed by atoms with van der Waals surface area (Å²) in [4.78, 5) is 4.48. The fraction of sp³-hybridized carbons (Fsp3) is 0.0625. The molecular formula is C16H14N2O2S. The summed E-state index contributed by atoms with van der Waals surface area (Å²) in [5, 5.41) is 24.9. The molecule has 0 aliphatic heterocycles. The van der Waals surface area contributed by atoms with Crippen molar-refractivity contribution >= 4 is 16.5 Å². The number of anilines is 1. The molecule has 0 amide bonds. The van der Waals surface area contributed by atoms with E-state index in [4.69, 9.17) is 0 Å². The highest BCUT2D eigenvalue weighted by molar-refractivity contribution is 7.14. The minimum Gasteiger partial charge on any atom is -0.504 e. The van der Waals surface area contributed by atoms with E-state index in [1.807, 2.05) is 23.6 Å². The average molecular weight is 298 g/mol. The van der Waals surface area contributed by atoms with E-state index in [2.05, 4.69) is 22.4 Å². The Bertz CT molecular complexity index is 741. The maximum atomic E-state index is 9.53. The van der Waals surface area contributed by atoms with Crippen molar-refractivity contribution in [3.63, 3.8) is 0 Å². The molecule has 3 aromatic rings. The molecule has 1 aromatic heterocycles. The van der Waals surface area contributed by atoms with Gasteiger partial charge in [0.05, 0.1) is 5.69 Å². The smallest absolute Gasteiger partial charge is 0.183 e. The second kappa shape index (κ2) is 5.85. The van der Waals surface area contributed by atoms with Crippen LogP contribution in [0, 0.1) is 0 Å². The van der Waals surface area contributed by atoms with Crippen molar-refractivity contribution in [2.24, 2.45) is 0 Å². The van der Waals surface area contributed by atoms with Gasteiger partial charge in [-0.25, -0.2) is 4.98 Å². The van der Waals surface area contributed by atoms with Gasteiger partial charge in [0.2, 0.25) is 0 Å². The van der Waals surface area contributed by atoms with Gasteiger partial charge in [0, 0.05) is 17.5 Å². The van der Waals surface area contributed by atoms with E-state index < -0.39 is 0 Å². The molecule has 0 aliphatic carbocycles. The molecule has 3 rings (SSSR count). The third-order valence-corrected chi connectivity index (χ3v) is 3.86. The van der Waals surface area contributed by atoms with E-state index in [1.54, 1.807) is 6.07 Å². The van der Waals surface area contributed by atoms with Gasteiger partial charge >= 0.3 is 0 Å². The highest BCUT2D eigenvalue weighted by Gasteiger charge is 2.07. The third-order valence-electron chi connectivity index (χ3n) is 3.06. The molecule has 0 aliphatic rings. The van der Waals surface area contributed by atoms with Crippen molar-refractivity contribution in [2.75, 3.05) is 5.32 Å². The van der Waals surface area contributed by atoms with Gasteiger partial charge in [-0.3, -0.25) is 0 Å². The Hall–Kier alpha value is -2.53. The standard InChI is InChI=1S/C16H14N2O2S/c19-14-7-6-12(8-15(14)20)13-10-21-16(18-13)17-9-11-4-2-1-3-5-11/h1-8,10,19-20H,9H2,(H,17,18). The summed E-state index contributed by atoms with van der Waals surface area (Å²) in [5.41, 5.74) is 2.73. The summed E-state index contributed by atoms with van der Waals surface area (Å²) in [6.07, 6.45) is 0. The van der Waals surface area contributed by atoms with Crippen molar-refractivity contribution in [3.05, 3.63) is 59.5 Å². The lowest BCUT2D eigenvalue weighted by Crippen LogP contribution is -1.98. The average Bonchev–Trinajstić information content (AvgIpc) is 2.98. The lowest BCUT2D eigenvalue weighted by Gasteiger charge is -2.02. The summed E-state index contributed by atoms with van der Waals surface area (Å²) in [6.45, 7) is 0.717. The summed E-state index contributed by atoms with van der Waals surface area (Å²) in [6, 6.07) is 14.8. The number of benzene rings is 2. The number of phenolic OH excluding ortho intramolecular Hbond substituents is 2. The first-order valence-corrected chi connectivity index (χ1v) is 7.36. The molecule has 0 saturated carbocycles. The second-order valence-corrected chi connectivity index (χ2v) is 5.44. The van der Waals surface area contributed by atoms with E-state index >= 15 is 0 Å². The summed E-state index contributed by atoms with van der Waals surface area (Å²) < 4.78 is 0. The molecule has 5 heteroatoms. The summed E-state index contributed by atoms with van der Waals surface area (Å²) in [5.74, 6) is -0.268. The number of nitrogens with one attached hydrogen (secondary N) is 1. The van der Waals surface area contributed by atoms with Crippen molar-refractivity contribution in [3.8, 4) is 22.8 Å². The van der Waals surface area contributed by atoms with Crippen molar-refractivity contribution in [1.29, 1.82) is 0 Å². The lowest BCUT2D eigenvalue weighted by molar-refractivity contribution is 0.404. The van der Waals surface area contributed by atoms with Gasteiger partial charge in [-0.15, -0.1) is 11.3 Å². The fourth-order valence-corrected chi connectivity index (χ4v) is 2.66. The van der Waals surface area contributed by atoms with Crippen LogP contribution in [-0.2, 0) is 6.54 Å². The van der Waals surface area contributed by atoms with Gasteiger partial charge in [-0.05, 0) is 23.8 Å². The molecule has 0 spiro atoms. The van der Waals surface area contributed by atoms with Crippen LogP contribution in [-0.4, -0.2) is 15.2 Å². The minimum atomic E-state index is -0.140. The highest BCUT2D eigenvalue weighted by Crippen LogP contribution is 2.32. The number of rotatable bonds is 4. The van der Waals surface area contributed by atoms with Gasteiger partial charge in [-0.2, -0.15) is 0 Å². The normalized spacial score (nSPS) is 10.5. The maximum absolute atomic E-state index is 9.53. The van der Waals surface area contributed by atoms with Gasteiger partial charge in [0.25, 0.3) is 0 Å². The topological polar surface area (TPSA) is 65.4 Å². The molecule has 4 nitrogen and oxygen atoms in total. The Morgan fingerprint density at radius 3 is 2.57 bits per heavy atom. The van der Waals surface area contributed by atoms with Crippen LogP contribution >= 0.6 is 11.3 Å². The van der Waals surface area contributed by atoms with E-state index in [-0.39, 0.29) is 11.5 Å². The van der Waals surface area contributed by atoms with Gasteiger partial charge < -0.3 is 15.5 Å². The number of aromatic hydroxyl groups is 2. The molecule has 0 bridgehead atoms. The molecule has 1 heterocycles. The van der Waals surface area contributed by atoms with Gasteiger partial charge in [-0.1, -0.05) is 30.3 Å². The predicted molar refractivity (Wildman–Crippen MR) is 84.6 cm³/mol. The lowest BCUT2D eigenvalue weighted by atomic mass is 10.1. The maximum Gasteiger partial charge on any atom is 0.183 e. The van der Waals surface area contributed by atoms with Crippen LogP contribution in [0.3, 0.4) is 0 Å². The van der Waals surface area contributed by atoms with Crippen molar-refractivity contribution < 1.29 is 10.2 Å². The first-order valence-electron chi connectivity index (χ1n) is 6.48. The van der Waals surface area contributed by atoms with Crippen molar-refractivity contribution in [1.82, 2.24) is 4.98 Å². The number of hydrogen-bond acceptors (Lipinski definition) is 5. The number of phenols is 2.